The lowest BCUT2D eigenvalue weighted by molar-refractivity contribution is -0.129. The summed E-state index contributed by atoms with van der Waals surface area (Å²) in [7, 11) is 0. The molecule has 3 aromatic rings. The Morgan fingerprint density at radius 1 is 0.871 bits per heavy atom. The Hall–Kier alpha value is -3.93. The van der Waals surface area contributed by atoms with Crippen molar-refractivity contribution in [2.24, 2.45) is 5.73 Å². The number of nitrogens with two attached hydrogens (primary N) is 1. The number of carboxylic acids is 1. The number of hydrogen-bond donors (Lipinski definition) is 3. The molecule has 4 N–H and O–H groups in total. The van der Waals surface area contributed by atoms with E-state index in [9.17, 15) is 14.4 Å². The van der Waals surface area contributed by atoms with Crippen molar-refractivity contribution in [1.82, 2.24) is 5.32 Å². The minimum atomic E-state index is -1.04. The molecule has 0 fully saturated rings. The molecule has 0 saturated heterocycles. The number of primary amides is 1. The van der Waals surface area contributed by atoms with Crippen LogP contribution in [-0.4, -0.2) is 28.9 Å². The third-order valence-corrected chi connectivity index (χ3v) is 5.45. The quantitative estimate of drug-likeness (QED) is 0.524. The zero-order valence-corrected chi connectivity index (χ0v) is 17.1. The molecule has 6 nitrogen and oxygen atoms in total. The van der Waals surface area contributed by atoms with E-state index in [0.29, 0.717) is 5.56 Å². The summed E-state index contributed by atoms with van der Waals surface area (Å²) in [6.07, 6.45) is 0.153. The summed E-state index contributed by atoms with van der Waals surface area (Å²) in [5, 5.41) is 11.8. The van der Waals surface area contributed by atoms with Gasteiger partial charge in [0.1, 0.15) is 6.04 Å². The molecule has 0 bridgehead atoms. The zero-order chi connectivity index (χ0) is 22.4. The van der Waals surface area contributed by atoms with Crippen LogP contribution < -0.4 is 11.1 Å². The van der Waals surface area contributed by atoms with E-state index in [4.69, 9.17) is 10.8 Å². The molecule has 3 aromatic carbocycles. The summed E-state index contributed by atoms with van der Waals surface area (Å²) in [6, 6.07) is 23.9. The van der Waals surface area contributed by atoms with E-state index < -0.39 is 23.3 Å². The maximum Gasteiger partial charge on any atom is 0.335 e. The molecular formula is C25H24N2O4. The van der Waals surface area contributed by atoms with Crippen molar-refractivity contribution in [1.29, 1.82) is 0 Å². The number of amides is 2. The van der Waals surface area contributed by atoms with Crippen LogP contribution in [0.2, 0.25) is 0 Å². The fourth-order valence-electron chi connectivity index (χ4n) is 3.52. The van der Waals surface area contributed by atoms with Crippen LogP contribution in [0.3, 0.4) is 0 Å². The van der Waals surface area contributed by atoms with Crippen LogP contribution >= 0.6 is 0 Å². The summed E-state index contributed by atoms with van der Waals surface area (Å²) in [4.78, 5) is 36.7. The van der Waals surface area contributed by atoms with Crippen molar-refractivity contribution >= 4 is 17.8 Å². The van der Waals surface area contributed by atoms with Gasteiger partial charge in [0.05, 0.1) is 11.0 Å². The average molecular weight is 416 g/mol. The van der Waals surface area contributed by atoms with Gasteiger partial charge in [0.25, 0.3) is 0 Å². The molecule has 0 spiro atoms. The number of carbonyl (C=O) groups excluding carboxylic acids is 2. The van der Waals surface area contributed by atoms with Crippen molar-refractivity contribution in [3.8, 4) is 0 Å². The Labute approximate surface area is 180 Å². The highest BCUT2D eigenvalue weighted by molar-refractivity contribution is 5.95. The number of hydrogen-bond acceptors (Lipinski definition) is 3. The van der Waals surface area contributed by atoms with Gasteiger partial charge >= 0.3 is 5.97 Å². The second-order valence-corrected chi connectivity index (χ2v) is 7.49. The van der Waals surface area contributed by atoms with Crippen LogP contribution in [0.4, 0.5) is 0 Å². The van der Waals surface area contributed by atoms with E-state index in [1.807, 2.05) is 67.6 Å². The Balaban J connectivity index is 1.90. The van der Waals surface area contributed by atoms with Crippen molar-refractivity contribution in [2.75, 3.05) is 0 Å². The van der Waals surface area contributed by atoms with E-state index in [-0.39, 0.29) is 17.9 Å². The SMILES string of the molecule is CC(C(=O)N[C@@H](Cc1ccc(C(=O)O)cc1)C(N)=O)(c1ccccc1)c1ccccc1. The van der Waals surface area contributed by atoms with Gasteiger partial charge in [-0.3, -0.25) is 9.59 Å². The predicted molar refractivity (Wildman–Crippen MR) is 118 cm³/mol. The zero-order valence-electron chi connectivity index (χ0n) is 17.1. The smallest absolute Gasteiger partial charge is 0.335 e. The minimum Gasteiger partial charge on any atom is -0.478 e. The van der Waals surface area contributed by atoms with Gasteiger partial charge in [-0.1, -0.05) is 72.8 Å². The van der Waals surface area contributed by atoms with E-state index in [1.165, 1.54) is 12.1 Å². The highest BCUT2D eigenvalue weighted by Crippen LogP contribution is 2.32. The lowest BCUT2D eigenvalue weighted by atomic mass is 9.75. The van der Waals surface area contributed by atoms with Gasteiger partial charge in [-0.15, -0.1) is 0 Å². The van der Waals surface area contributed by atoms with E-state index in [0.717, 1.165) is 11.1 Å². The van der Waals surface area contributed by atoms with Gasteiger partial charge in [-0.2, -0.15) is 0 Å². The fourth-order valence-corrected chi connectivity index (χ4v) is 3.52. The first-order valence-electron chi connectivity index (χ1n) is 9.86. The van der Waals surface area contributed by atoms with Gasteiger partial charge in [0.15, 0.2) is 0 Å². The van der Waals surface area contributed by atoms with Crippen molar-refractivity contribution in [2.45, 2.75) is 24.8 Å². The number of aromatic carboxylic acids is 1. The van der Waals surface area contributed by atoms with Crippen molar-refractivity contribution in [3.63, 3.8) is 0 Å². The molecule has 0 saturated carbocycles. The van der Waals surface area contributed by atoms with Crippen LogP contribution in [0.5, 0.6) is 0 Å². The minimum absolute atomic E-state index is 0.143. The summed E-state index contributed by atoms with van der Waals surface area (Å²) in [5.41, 5.74) is 6.95. The molecule has 31 heavy (non-hydrogen) atoms. The average Bonchev–Trinajstić information content (AvgIpc) is 2.79. The van der Waals surface area contributed by atoms with Gasteiger partial charge in [0, 0.05) is 6.42 Å². The Kier molecular flexibility index (Phi) is 6.50. The van der Waals surface area contributed by atoms with E-state index >= 15 is 0 Å². The maximum atomic E-state index is 13.5. The topological polar surface area (TPSA) is 109 Å². The summed E-state index contributed by atoms with van der Waals surface area (Å²) in [6.45, 7) is 1.81. The summed E-state index contributed by atoms with van der Waals surface area (Å²) in [5.74, 6) is -2.05. The maximum absolute atomic E-state index is 13.5. The molecule has 158 valence electrons. The number of nitrogens with one attached hydrogen (secondary N) is 1. The highest BCUT2D eigenvalue weighted by Gasteiger charge is 2.38. The molecule has 1 atom stereocenters. The standard InChI is InChI=1S/C25H24N2O4/c1-25(19-8-4-2-5-9-19,20-10-6-3-7-11-20)24(31)27-21(22(26)28)16-17-12-14-18(15-13-17)23(29)30/h2-15,21H,16H2,1H3,(H2,26,28)(H,27,31)(H,29,30)/t21-/m0/s1. The third-order valence-electron chi connectivity index (χ3n) is 5.45. The summed E-state index contributed by atoms with van der Waals surface area (Å²) < 4.78 is 0. The Bertz CT molecular complexity index is 1020. The second-order valence-electron chi connectivity index (χ2n) is 7.49. The molecule has 0 aliphatic heterocycles. The fraction of sp³-hybridized carbons (Fsp3) is 0.160. The molecule has 0 heterocycles. The molecular weight excluding hydrogens is 392 g/mol. The van der Waals surface area contributed by atoms with Crippen molar-refractivity contribution < 1.29 is 19.5 Å². The van der Waals surface area contributed by atoms with Crippen LogP contribution in [0, 0.1) is 0 Å². The Morgan fingerprint density at radius 3 is 1.77 bits per heavy atom. The Morgan fingerprint density at radius 2 is 1.35 bits per heavy atom. The van der Waals surface area contributed by atoms with Gasteiger partial charge < -0.3 is 16.2 Å². The van der Waals surface area contributed by atoms with Crippen LogP contribution in [0.25, 0.3) is 0 Å². The second kappa shape index (κ2) is 9.26. The first-order chi connectivity index (χ1) is 14.8. The van der Waals surface area contributed by atoms with E-state index in [2.05, 4.69) is 5.32 Å². The first kappa shape index (κ1) is 21.8. The molecule has 0 unspecified atom stereocenters. The number of carboxylic acid groups (broad SMARTS) is 1. The lowest BCUT2D eigenvalue weighted by Gasteiger charge is -2.31. The van der Waals surface area contributed by atoms with Crippen molar-refractivity contribution in [3.05, 3.63) is 107 Å². The highest BCUT2D eigenvalue weighted by atomic mass is 16.4. The third kappa shape index (κ3) is 4.80. The molecule has 0 radical (unpaired) electrons. The molecule has 0 aliphatic rings. The van der Waals surface area contributed by atoms with Gasteiger partial charge in [-0.25, -0.2) is 4.79 Å². The molecule has 2 amide bonds. The molecule has 0 aliphatic carbocycles. The van der Waals surface area contributed by atoms with Crippen LogP contribution in [0.1, 0.15) is 34.0 Å². The van der Waals surface area contributed by atoms with Crippen LogP contribution in [0.15, 0.2) is 84.9 Å². The predicted octanol–water partition coefficient (Wildman–Crippen LogP) is 2.90. The number of carbonyl (C=O) groups is 3. The molecule has 3 rings (SSSR count). The number of benzene rings is 3. The summed E-state index contributed by atoms with van der Waals surface area (Å²) >= 11 is 0. The first-order valence-corrected chi connectivity index (χ1v) is 9.86. The number of rotatable bonds is 8. The largest absolute Gasteiger partial charge is 0.478 e. The monoisotopic (exact) mass is 416 g/mol. The molecule has 0 aromatic heterocycles. The normalized spacial score (nSPS) is 12.0. The van der Waals surface area contributed by atoms with E-state index in [1.54, 1.807) is 12.1 Å². The van der Waals surface area contributed by atoms with Gasteiger partial charge in [0.2, 0.25) is 11.8 Å². The molecule has 6 heteroatoms. The van der Waals surface area contributed by atoms with Crippen LogP contribution in [-0.2, 0) is 21.4 Å². The lowest BCUT2D eigenvalue weighted by Crippen LogP contribution is -2.52. The van der Waals surface area contributed by atoms with Gasteiger partial charge in [-0.05, 0) is 35.7 Å².